The average Bonchev–Trinajstić information content (AvgIpc) is 2.62. The summed E-state index contributed by atoms with van der Waals surface area (Å²) in [5, 5.41) is 0. The van der Waals surface area contributed by atoms with E-state index < -0.39 is 10.0 Å². The van der Waals surface area contributed by atoms with E-state index in [-0.39, 0.29) is 11.0 Å². The van der Waals surface area contributed by atoms with Gasteiger partial charge >= 0.3 is 0 Å². The van der Waals surface area contributed by atoms with Crippen LogP contribution in [0.25, 0.3) is 0 Å². The number of nitrogens with zero attached hydrogens (tertiary/aromatic N) is 1. The first kappa shape index (κ1) is 17.9. The number of hydrogen-bond donors (Lipinski definition) is 0. The molecule has 134 valence electrons. The van der Waals surface area contributed by atoms with Crippen LogP contribution in [0.15, 0.2) is 47.4 Å². The summed E-state index contributed by atoms with van der Waals surface area (Å²) in [6, 6.07) is 13.1. The van der Waals surface area contributed by atoms with Crippen LogP contribution in [-0.2, 0) is 14.8 Å². The Morgan fingerprint density at radius 2 is 1.92 bits per heavy atom. The van der Waals surface area contributed by atoms with E-state index in [1.165, 1.54) is 11.4 Å². The Hall–Kier alpha value is -1.89. The van der Waals surface area contributed by atoms with Crippen molar-refractivity contribution in [3.05, 3.63) is 59.2 Å². The highest BCUT2D eigenvalue weighted by molar-refractivity contribution is 7.89. The molecule has 1 aliphatic heterocycles. The molecule has 2 aromatic rings. The molecule has 0 saturated carbocycles. The molecule has 0 N–H and O–H groups in total. The zero-order valence-electron chi connectivity index (χ0n) is 14.7. The maximum atomic E-state index is 13.2. The fourth-order valence-electron chi connectivity index (χ4n) is 3.10. The lowest BCUT2D eigenvalue weighted by molar-refractivity contribution is -0.00292. The molecule has 1 fully saturated rings. The molecule has 0 bridgehead atoms. The summed E-state index contributed by atoms with van der Waals surface area (Å²) in [5.74, 6) is 0.365. The van der Waals surface area contributed by atoms with Crippen molar-refractivity contribution in [2.24, 2.45) is 0 Å². The largest absolute Gasteiger partial charge is 0.495 e. The van der Waals surface area contributed by atoms with Crippen LogP contribution >= 0.6 is 0 Å². The molecule has 0 amide bonds. The predicted octanol–water partition coefficient (Wildman–Crippen LogP) is 3.07. The van der Waals surface area contributed by atoms with Crippen LogP contribution in [0.2, 0.25) is 0 Å². The van der Waals surface area contributed by atoms with E-state index in [1.807, 2.05) is 44.2 Å². The van der Waals surface area contributed by atoms with Crippen LogP contribution in [0.3, 0.4) is 0 Å². The van der Waals surface area contributed by atoms with E-state index in [1.54, 1.807) is 12.1 Å². The zero-order valence-corrected chi connectivity index (χ0v) is 15.5. The molecule has 2 aromatic carbocycles. The molecule has 5 nitrogen and oxygen atoms in total. The minimum atomic E-state index is -3.65. The molecule has 1 atom stereocenters. The third kappa shape index (κ3) is 3.56. The molecule has 1 heterocycles. The molecular formula is C19H23NO4S. The van der Waals surface area contributed by atoms with E-state index in [9.17, 15) is 8.42 Å². The number of methoxy groups -OCH3 is 1. The molecule has 1 saturated heterocycles. The molecule has 0 spiro atoms. The van der Waals surface area contributed by atoms with E-state index in [4.69, 9.17) is 9.47 Å². The van der Waals surface area contributed by atoms with Crippen molar-refractivity contribution >= 4 is 10.0 Å². The summed E-state index contributed by atoms with van der Waals surface area (Å²) in [6.07, 6.45) is -0.263. The Morgan fingerprint density at radius 3 is 2.64 bits per heavy atom. The Morgan fingerprint density at radius 1 is 1.16 bits per heavy atom. The number of aryl methyl sites for hydroxylation is 2. The van der Waals surface area contributed by atoms with E-state index in [2.05, 4.69) is 0 Å². The van der Waals surface area contributed by atoms with Crippen LogP contribution in [0.5, 0.6) is 5.75 Å². The van der Waals surface area contributed by atoms with Gasteiger partial charge in [-0.25, -0.2) is 8.42 Å². The Balaban J connectivity index is 1.93. The van der Waals surface area contributed by atoms with Crippen LogP contribution in [-0.4, -0.2) is 39.5 Å². The molecule has 1 aliphatic rings. The van der Waals surface area contributed by atoms with Crippen LogP contribution < -0.4 is 4.74 Å². The number of rotatable bonds is 4. The number of hydrogen-bond acceptors (Lipinski definition) is 4. The highest BCUT2D eigenvalue weighted by Crippen LogP contribution is 2.32. The van der Waals surface area contributed by atoms with Gasteiger partial charge in [-0.15, -0.1) is 0 Å². The van der Waals surface area contributed by atoms with Crippen LogP contribution in [0.1, 0.15) is 22.8 Å². The van der Waals surface area contributed by atoms with Crippen molar-refractivity contribution in [3.8, 4) is 5.75 Å². The van der Waals surface area contributed by atoms with Crippen molar-refractivity contribution in [1.82, 2.24) is 4.31 Å². The van der Waals surface area contributed by atoms with E-state index in [0.717, 1.165) is 16.7 Å². The minimum Gasteiger partial charge on any atom is -0.495 e. The Bertz CT molecular complexity index is 863. The van der Waals surface area contributed by atoms with Crippen molar-refractivity contribution in [2.75, 3.05) is 26.8 Å². The zero-order chi connectivity index (χ0) is 18.0. The van der Waals surface area contributed by atoms with Gasteiger partial charge in [0.1, 0.15) is 10.6 Å². The quantitative estimate of drug-likeness (QED) is 0.840. The Kier molecular flexibility index (Phi) is 5.13. The fraction of sp³-hybridized carbons (Fsp3) is 0.368. The maximum Gasteiger partial charge on any atom is 0.246 e. The highest BCUT2D eigenvalue weighted by atomic mass is 32.2. The van der Waals surface area contributed by atoms with Gasteiger partial charge in [-0.2, -0.15) is 4.31 Å². The number of benzene rings is 2. The van der Waals surface area contributed by atoms with Gasteiger partial charge in [0, 0.05) is 13.1 Å². The summed E-state index contributed by atoms with van der Waals surface area (Å²) < 4.78 is 39.0. The van der Waals surface area contributed by atoms with E-state index >= 15 is 0 Å². The van der Waals surface area contributed by atoms with Gasteiger partial charge in [-0.05, 0) is 42.7 Å². The van der Waals surface area contributed by atoms with Gasteiger partial charge in [0.15, 0.2) is 0 Å². The molecule has 25 heavy (non-hydrogen) atoms. The van der Waals surface area contributed by atoms with Crippen LogP contribution in [0, 0.1) is 13.8 Å². The predicted molar refractivity (Wildman–Crippen MR) is 96.4 cm³/mol. The van der Waals surface area contributed by atoms with Gasteiger partial charge in [-0.3, -0.25) is 0 Å². The molecule has 1 unspecified atom stereocenters. The molecule has 6 heteroatoms. The Labute approximate surface area is 149 Å². The summed E-state index contributed by atoms with van der Waals surface area (Å²) in [6.45, 7) is 4.88. The number of ether oxygens (including phenoxy) is 2. The van der Waals surface area contributed by atoms with Crippen molar-refractivity contribution in [1.29, 1.82) is 0 Å². The third-order valence-electron chi connectivity index (χ3n) is 4.50. The van der Waals surface area contributed by atoms with Gasteiger partial charge in [-0.1, -0.05) is 30.3 Å². The molecule has 3 rings (SSSR count). The number of morpholine rings is 1. The number of sulfonamides is 1. The lowest BCUT2D eigenvalue weighted by atomic mass is 10.0. The lowest BCUT2D eigenvalue weighted by Gasteiger charge is -2.33. The van der Waals surface area contributed by atoms with E-state index in [0.29, 0.717) is 25.4 Å². The smallest absolute Gasteiger partial charge is 0.246 e. The second-order valence-corrected chi connectivity index (χ2v) is 8.14. The lowest BCUT2D eigenvalue weighted by Crippen LogP contribution is -2.42. The van der Waals surface area contributed by atoms with Gasteiger partial charge in [0.05, 0.1) is 19.8 Å². The van der Waals surface area contributed by atoms with Gasteiger partial charge in [0.2, 0.25) is 10.0 Å². The second-order valence-electron chi connectivity index (χ2n) is 6.23. The second kappa shape index (κ2) is 7.15. The normalized spacial score (nSPS) is 18.9. The maximum absolute atomic E-state index is 13.2. The minimum absolute atomic E-state index is 0.209. The first-order valence-corrected chi connectivity index (χ1v) is 9.69. The van der Waals surface area contributed by atoms with Crippen molar-refractivity contribution < 1.29 is 17.9 Å². The SMILES string of the molecule is COc1ccc(C)cc1S(=O)(=O)N1CCOC(c2ccccc2C)C1. The van der Waals surface area contributed by atoms with Crippen molar-refractivity contribution in [3.63, 3.8) is 0 Å². The summed E-state index contributed by atoms with van der Waals surface area (Å²) in [5.41, 5.74) is 3.00. The molecule has 0 aromatic heterocycles. The summed E-state index contributed by atoms with van der Waals surface area (Å²) in [7, 11) is -2.17. The molecule has 0 aliphatic carbocycles. The topological polar surface area (TPSA) is 55.8 Å². The molecular weight excluding hydrogens is 338 g/mol. The first-order chi connectivity index (χ1) is 11.9. The van der Waals surface area contributed by atoms with Crippen LogP contribution in [0.4, 0.5) is 0 Å². The third-order valence-corrected chi connectivity index (χ3v) is 6.39. The summed E-state index contributed by atoms with van der Waals surface area (Å²) in [4.78, 5) is 0.209. The van der Waals surface area contributed by atoms with Crippen molar-refractivity contribution in [2.45, 2.75) is 24.8 Å². The molecule has 0 radical (unpaired) electrons. The monoisotopic (exact) mass is 361 g/mol. The first-order valence-electron chi connectivity index (χ1n) is 8.25. The van der Waals surface area contributed by atoms with Gasteiger partial charge < -0.3 is 9.47 Å². The average molecular weight is 361 g/mol. The fourth-order valence-corrected chi connectivity index (χ4v) is 4.77. The standard InChI is InChI=1S/C19H23NO4S/c1-14-8-9-17(23-3)19(12-14)25(21,22)20-10-11-24-18(13-20)16-7-5-4-6-15(16)2/h4-9,12,18H,10-11,13H2,1-3H3. The highest BCUT2D eigenvalue weighted by Gasteiger charge is 2.33. The van der Waals surface area contributed by atoms with Gasteiger partial charge in [0.25, 0.3) is 0 Å². The summed E-state index contributed by atoms with van der Waals surface area (Å²) >= 11 is 0.